The van der Waals surface area contributed by atoms with Gasteiger partial charge in [-0.25, -0.2) is 14.8 Å². The Morgan fingerprint density at radius 1 is 1.32 bits per heavy atom. The SMILES string of the molecule is O=C(O)c1c(Oc2cccc(C3CC3)c2)cnc2nccn12. The molecule has 0 saturated heterocycles. The van der Waals surface area contributed by atoms with Crippen LogP contribution in [-0.4, -0.2) is 25.4 Å². The number of carboxylic acid groups (broad SMARTS) is 1. The first-order valence-electron chi connectivity index (χ1n) is 7.05. The average molecular weight is 295 g/mol. The van der Waals surface area contributed by atoms with Crippen molar-refractivity contribution >= 4 is 11.7 Å². The fourth-order valence-corrected chi connectivity index (χ4v) is 2.52. The molecule has 6 heteroatoms. The number of fused-ring (bicyclic) bond motifs is 1. The van der Waals surface area contributed by atoms with Gasteiger partial charge in [-0.05, 0) is 36.5 Å². The standard InChI is InChI=1S/C16H13N3O3/c20-15(21)14-13(9-18-16-17-6-7-19(14)16)22-12-3-1-2-11(8-12)10-4-5-10/h1-3,6-10H,4-5H2,(H,20,21). The molecule has 0 atom stereocenters. The molecule has 0 aliphatic heterocycles. The molecule has 1 saturated carbocycles. The summed E-state index contributed by atoms with van der Waals surface area (Å²) in [4.78, 5) is 19.7. The Morgan fingerprint density at radius 3 is 2.95 bits per heavy atom. The van der Waals surface area contributed by atoms with Crippen LogP contribution >= 0.6 is 0 Å². The molecule has 4 rings (SSSR count). The summed E-state index contributed by atoms with van der Waals surface area (Å²) in [6.45, 7) is 0. The zero-order valence-corrected chi connectivity index (χ0v) is 11.6. The third-order valence-electron chi connectivity index (χ3n) is 3.73. The minimum Gasteiger partial charge on any atom is -0.476 e. The molecule has 1 aromatic carbocycles. The summed E-state index contributed by atoms with van der Waals surface area (Å²) in [6, 6.07) is 7.77. The number of aromatic carboxylic acids is 1. The van der Waals surface area contributed by atoms with E-state index in [9.17, 15) is 9.90 Å². The molecule has 0 spiro atoms. The Morgan fingerprint density at radius 2 is 2.18 bits per heavy atom. The van der Waals surface area contributed by atoms with Gasteiger partial charge in [0, 0.05) is 12.4 Å². The number of nitrogens with zero attached hydrogens (tertiary/aromatic N) is 3. The van der Waals surface area contributed by atoms with E-state index in [1.807, 2.05) is 18.2 Å². The van der Waals surface area contributed by atoms with Crippen LogP contribution in [0.15, 0.2) is 42.9 Å². The van der Waals surface area contributed by atoms with Crippen molar-refractivity contribution in [3.05, 3.63) is 54.1 Å². The van der Waals surface area contributed by atoms with Crippen LogP contribution in [0, 0.1) is 0 Å². The predicted molar refractivity (Wildman–Crippen MR) is 78.4 cm³/mol. The van der Waals surface area contributed by atoms with Crippen molar-refractivity contribution in [3.63, 3.8) is 0 Å². The van der Waals surface area contributed by atoms with Crippen LogP contribution in [0.25, 0.3) is 5.78 Å². The fraction of sp³-hybridized carbons (Fsp3) is 0.188. The maximum atomic E-state index is 11.6. The lowest BCUT2D eigenvalue weighted by Crippen LogP contribution is -2.08. The zero-order chi connectivity index (χ0) is 15.1. The number of rotatable bonds is 4. The number of hydrogen-bond donors (Lipinski definition) is 1. The summed E-state index contributed by atoms with van der Waals surface area (Å²) in [5, 5.41) is 9.46. The van der Waals surface area contributed by atoms with Crippen LogP contribution in [0.1, 0.15) is 34.8 Å². The Kier molecular flexibility index (Phi) is 2.82. The number of ether oxygens (including phenoxy) is 1. The van der Waals surface area contributed by atoms with Gasteiger partial charge in [-0.2, -0.15) is 0 Å². The minimum absolute atomic E-state index is 0.0133. The highest BCUT2D eigenvalue weighted by Gasteiger charge is 2.24. The maximum absolute atomic E-state index is 11.6. The van der Waals surface area contributed by atoms with Crippen molar-refractivity contribution in [1.82, 2.24) is 14.4 Å². The third-order valence-corrected chi connectivity index (χ3v) is 3.73. The van der Waals surface area contributed by atoms with Crippen LogP contribution in [0.3, 0.4) is 0 Å². The Hall–Kier alpha value is -2.89. The van der Waals surface area contributed by atoms with Gasteiger partial charge in [0.1, 0.15) is 5.75 Å². The van der Waals surface area contributed by atoms with Crippen molar-refractivity contribution in [2.24, 2.45) is 0 Å². The molecular formula is C16H13N3O3. The molecule has 22 heavy (non-hydrogen) atoms. The monoisotopic (exact) mass is 295 g/mol. The fourth-order valence-electron chi connectivity index (χ4n) is 2.52. The first-order valence-corrected chi connectivity index (χ1v) is 7.05. The highest BCUT2D eigenvalue weighted by Crippen LogP contribution is 2.41. The highest BCUT2D eigenvalue weighted by molar-refractivity contribution is 5.89. The van der Waals surface area contributed by atoms with E-state index in [2.05, 4.69) is 16.0 Å². The number of aromatic nitrogens is 3. The molecule has 6 nitrogen and oxygen atoms in total. The lowest BCUT2D eigenvalue weighted by molar-refractivity contribution is 0.0685. The van der Waals surface area contributed by atoms with Crippen LogP contribution < -0.4 is 4.74 Å². The molecular weight excluding hydrogens is 282 g/mol. The van der Waals surface area contributed by atoms with Gasteiger partial charge in [0.05, 0.1) is 6.20 Å². The quantitative estimate of drug-likeness (QED) is 0.800. The normalized spacial score (nSPS) is 14.2. The third kappa shape index (κ3) is 2.18. The molecule has 2 heterocycles. The lowest BCUT2D eigenvalue weighted by atomic mass is 10.1. The van der Waals surface area contributed by atoms with E-state index in [0.29, 0.717) is 17.4 Å². The van der Waals surface area contributed by atoms with Crippen molar-refractivity contribution in [3.8, 4) is 11.5 Å². The van der Waals surface area contributed by atoms with Crippen molar-refractivity contribution < 1.29 is 14.6 Å². The largest absolute Gasteiger partial charge is 0.476 e. The van der Waals surface area contributed by atoms with E-state index in [1.165, 1.54) is 35.2 Å². The topological polar surface area (TPSA) is 76.7 Å². The summed E-state index contributed by atoms with van der Waals surface area (Å²) in [5.41, 5.74) is 1.24. The van der Waals surface area contributed by atoms with Crippen molar-refractivity contribution in [2.75, 3.05) is 0 Å². The van der Waals surface area contributed by atoms with Gasteiger partial charge in [-0.15, -0.1) is 0 Å². The van der Waals surface area contributed by atoms with Gasteiger partial charge in [0.15, 0.2) is 11.4 Å². The second kappa shape index (κ2) is 4.84. The van der Waals surface area contributed by atoms with E-state index < -0.39 is 5.97 Å². The first-order chi connectivity index (χ1) is 10.7. The van der Waals surface area contributed by atoms with Crippen molar-refractivity contribution in [1.29, 1.82) is 0 Å². The van der Waals surface area contributed by atoms with Crippen LogP contribution in [-0.2, 0) is 0 Å². The van der Waals surface area contributed by atoms with E-state index in [1.54, 1.807) is 6.20 Å². The molecule has 2 aromatic heterocycles. The van der Waals surface area contributed by atoms with E-state index in [0.717, 1.165) is 0 Å². The summed E-state index contributed by atoms with van der Waals surface area (Å²) in [6.07, 6.45) is 6.86. The smallest absolute Gasteiger partial charge is 0.356 e. The molecule has 0 unspecified atom stereocenters. The molecule has 1 N–H and O–H groups in total. The molecule has 1 aliphatic rings. The number of carbonyl (C=O) groups is 1. The summed E-state index contributed by atoms with van der Waals surface area (Å²) < 4.78 is 7.18. The number of hydrogen-bond acceptors (Lipinski definition) is 4. The molecule has 110 valence electrons. The molecule has 1 fully saturated rings. The molecule has 0 bridgehead atoms. The number of benzene rings is 1. The number of imidazole rings is 1. The van der Waals surface area contributed by atoms with E-state index >= 15 is 0 Å². The first kappa shape index (κ1) is 12.8. The molecule has 0 radical (unpaired) electrons. The van der Waals surface area contributed by atoms with Gasteiger partial charge >= 0.3 is 5.97 Å². The average Bonchev–Trinajstić information content (AvgIpc) is 3.25. The molecule has 1 aliphatic carbocycles. The Balaban J connectivity index is 1.76. The summed E-state index contributed by atoms with van der Waals surface area (Å²) in [7, 11) is 0. The van der Waals surface area contributed by atoms with Gasteiger partial charge in [0.2, 0.25) is 5.78 Å². The van der Waals surface area contributed by atoms with Crippen molar-refractivity contribution in [2.45, 2.75) is 18.8 Å². The Labute approximate surface area is 126 Å². The second-order valence-electron chi connectivity index (χ2n) is 5.32. The van der Waals surface area contributed by atoms with E-state index in [4.69, 9.17) is 4.74 Å². The second-order valence-corrected chi connectivity index (χ2v) is 5.32. The predicted octanol–water partition coefficient (Wildman–Crippen LogP) is 3.10. The summed E-state index contributed by atoms with van der Waals surface area (Å²) >= 11 is 0. The van der Waals surface area contributed by atoms with Crippen LogP contribution in [0.4, 0.5) is 0 Å². The minimum atomic E-state index is -1.08. The van der Waals surface area contributed by atoms with Crippen LogP contribution in [0.2, 0.25) is 0 Å². The molecule has 0 amide bonds. The zero-order valence-electron chi connectivity index (χ0n) is 11.6. The lowest BCUT2D eigenvalue weighted by Gasteiger charge is -2.10. The van der Waals surface area contributed by atoms with Gasteiger partial charge < -0.3 is 9.84 Å². The highest BCUT2D eigenvalue weighted by atomic mass is 16.5. The van der Waals surface area contributed by atoms with Gasteiger partial charge in [-0.1, -0.05) is 12.1 Å². The Bertz CT molecular complexity index is 868. The summed E-state index contributed by atoms with van der Waals surface area (Å²) in [5.74, 6) is 0.672. The van der Waals surface area contributed by atoms with E-state index in [-0.39, 0.29) is 11.4 Å². The number of carboxylic acids is 1. The van der Waals surface area contributed by atoms with Crippen LogP contribution in [0.5, 0.6) is 11.5 Å². The molecule has 3 aromatic rings. The van der Waals surface area contributed by atoms with Gasteiger partial charge in [-0.3, -0.25) is 4.40 Å². The maximum Gasteiger partial charge on any atom is 0.356 e. The van der Waals surface area contributed by atoms with Gasteiger partial charge in [0.25, 0.3) is 0 Å².